The number of hydrogen-bond donors (Lipinski definition) is 1. The molecule has 1 N–H and O–H groups in total. The van der Waals surface area contributed by atoms with Gasteiger partial charge >= 0.3 is 0 Å². The summed E-state index contributed by atoms with van der Waals surface area (Å²) >= 11 is 6.37. The van der Waals surface area contributed by atoms with Crippen LogP contribution < -0.4 is 0 Å². The summed E-state index contributed by atoms with van der Waals surface area (Å²) in [4.78, 5) is 2.03. The molecule has 1 aromatic heterocycles. The maximum Gasteiger partial charge on any atom is 0.0850 e. The minimum atomic E-state index is -0.494. The Morgan fingerprint density at radius 3 is 2.37 bits per heavy atom. The molecule has 19 heavy (non-hydrogen) atoms. The quantitative estimate of drug-likeness (QED) is 0.873. The summed E-state index contributed by atoms with van der Waals surface area (Å²) in [5, 5.41) is 15.7. The molecule has 0 fully saturated rings. The number of rotatable bonds is 6. The number of aromatic nitrogens is 2. The van der Waals surface area contributed by atoms with Gasteiger partial charge in [0.2, 0.25) is 0 Å². The minimum absolute atomic E-state index is 0.307. The first-order chi connectivity index (χ1) is 8.75. The van der Waals surface area contributed by atoms with Crippen LogP contribution >= 0.6 is 11.6 Å². The third kappa shape index (κ3) is 3.30. The van der Waals surface area contributed by atoms with Crippen molar-refractivity contribution in [1.29, 1.82) is 0 Å². The average molecular weight is 288 g/mol. The molecular weight excluding hydrogens is 262 g/mol. The smallest absolute Gasteiger partial charge is 0.0850 e. The second-order valence-corrected chi connectivity index (χ2v) is 6.02. The zero-order valence-electron chi connectivity index (χ0n) is 12.9. The van der Waals surface area contributed by atoms with E-state index in [0.29, 0.717) is 11.4 Å². The van der Waals surface area contributed by atoms with E-state index in [1.54, 1.807) is 0 Å². The van der Waals surface area contributed by atoms with Gasteiger partial charge in [-0.3, -0.25) is 4.68 Å². The van der Waals surface area contributed by atoms with Gasteiger partial charge in [0.1, 0.15) is 0 Å². The number of hydrogen-bond acceptors (Lipinski definition) is 3. The van der Waals surface area contributed by atoms with Gasteiger partial charge in [0.25, 0.3) is 0 Å². The average Bonchev–Trinajstić information content (AvgIpc) is 2.65. The van der Waals surface area contributed by atoms with E-state index in [0.717, 1.165) is 24.4 Å². The van der Waals surface area contributed by atoms with Crippen molar-refractivity contribution in [2.45, 2.75) is 58.7 Å². The van der Waals surface area contributed by atoms with Crippen LogP contribution in [-0.4, -0.2) is 45.5 Å². The molecule has 110 valence electrons. The summed E-state index contributed by atoms with van der Waals surface area (Å²) in [5.74, 6) is 0. The van der Waals surface area contributed by atoms with E-state index in [1.165, 1.54) is 0 Å². The third-order valence-electron chi connectivity index (χ3n) is 4.05. The summed E-state index contributed by atoms with van der Waals surface area (Å²) in [6.07, 6.45) is 0.836. The lowest BCUT2D eigenvalue weighted by Gasteiger charge is -2.37. The van der Waals surface area contributed by atoms with Crippen molar-refractivity contribution in [1.82, 2.24) is 14.7 Å². The van der Waals surface area contributed by atoms with Crippen molar-refractivity contribution in [3.05, 3.63) is 16.4 Å². The van der Waals surface area contributed by atoms with Crippen molar-refractivity contribution >= 4 is 11.6 Å². The number of likely N-dealkylation sites (N-methyl/N-ethyl adjacent to an activating group) is 1. The summed E-state index contributed by atoms with van der Waals surface area (Å²) in [6.45, 7) is 8.90. The maximum atomic E-state index is 10.5. The van der Waals surface area contributed by atoms with Crippen LogP contribution in [0.3, 0.4) is 0 Å². The van der Waals surface area contributed by atoms with Crippen molar-refractivity contribution in [2.75, 3.05) is 14.1 Å². The topological polar surface area (TPSA) is 41.3 Å². The van der Waals surface area contributed by atoms with Gasteiger partial charge in [-0.2, -0.15) is 5.10 Å². The molecular formula is C14H26ClN3O. The summed E-state index contributed by atoms with van der Waals surface area (Å²) in [6, 6.07) is 0. The molecule has 5 heteroatoms. The second-order valence-electron chi connectivity index (χ2n) is 5.64. The van der Waals surface area contributed by atoms with Crippen LogP contribution in [0.1, 0.15) is 39.1 Å². The molecule has 1 unspecified atom stereocenters. The first kappa shape index (κ1) is 16.5. The zero-order valence-corrected chi connectivity index (χ0v) is 13.6. The molecule has 0 aliphatic heterocycles. The van der Waals surface area contributed by atoms with Crippen LogP contribution in [0, 0.1) is 0 Å². The number of aryl methyl sites for hydroxylation is 2. The molecule has 0 aromatic carbocycles. The molecule has 1 atom stereocenters. The van der Waals surface area contributed by atoms with Gasteiger partial charge in [0.15, 0.2) is 0 Å². The van der Waals surface area contributed by atoms with Crippen LogP contribution in [0.15, 0.2) is 0 Å². The number of aliphatic hydroxyl groups excluding tert-OH is 1. The largest absolute Gasteiger partial charge is 0.391 e. The summed E-state index contributed by atoms with van der Waals surface area (Å²) < 4.78 is 1.90. The molecule has 1 rings (SSSR count). The lowest BCUT2D eigenvalue weighted by atomic mass is 9.92. The Labute approximate surface area is 121 Å². The van der Waals surface area contributed by atoms with Gasteiger partial charge in [-0.05, 0) is 41.3 Å². The predicted octanol–water partition coefficient (Wildman–Crippen LogP) is 2.36. The molecule has 0 amide bonds. The zero-order chi connectivity index (χ0) is 14.8. The molecule has 1 heterocycles. The Morgan fingerprint density at radius 2 is 1.95 bits per heavy atom. The fourth-order valence-corrected chi connectivity index (χ4v) is 2.29. The highest BCUT2D eigenvalue weighted by Crippen LogP contribution is 2.26. The highest BCUT2D eigenvalue weighted by Gasteiger charge is 2.32. The number of halogens is 1. The predicted molar refractivity (Wildman–Crippen MR) is 79.8 cm³/mol. The van der Waals surface area contributed by atoms with Crippen molar-refractivity contribution in [3.63, 3.8) is 0 Å². The normalized spacial score (nSPS) is 14.2. The van der Waals surface area contributed by atoms with E-state index in [2.05, 4.69) is 5.10 Å². The van der Waals surface area contributed by atoms with Gasteiger partial charge in [-0.25, -0.2) is 0 Å². The fourth-order valence-electron chi connectivity index (χ4n) is 1.94. The fraction of sp³-hybridized carbons (Fsp3) is 0.786. The second kappa shape index (κ2) is 6.25. The van der Waals surface area contributed by atoms with E-state index in [1.807, 2.05) is 51.4 Å². The van der Waals surface area contributed by atoms with Crippen LogP contribution in [0.4, 0.5) is 0 Å². The molecule has 0 bridgehead atoms. The summed E-state index contributed by atoms with van der Waals surface area (Å²) in [7, 11) is 3.94. The van der Waals surface area contributed by atoms with E-state index in [4.69, 9.17) is 11.6 Å². The Morgan fingerprint density at radius 1 is 1.37 bits per heavy atom. The van der Waals surface area contributed by atoms with Crippen molar-refractivity contribution < 1.29 is 5.11 Å². The van der Waals surface area contributed by atoms with Crippen LogP contribution in [0.25, 0.3) is 0 Å². The van der Waals surface area contributed by atoms with Crippen molar-refractivity contribution in [2.24, 2.45) is 0 Å². The first-order valence-corrected chi connectivity index (χ1v) is 7.22. The molecule has 0 radical (unpaired) electrons. The first-order valence-electron chi connectivity index (χ1n) is 6.85. The molecule has 0 aliphatic carbocycles. The van der Waals surface area contributed by atoms with Crippen LogP contribution in [-0.2, 0) is 19.4 Å². The van der Waals surface area contributed by atoms with Crippen molar-refractivity contribution in [3.8, 4) is 0 Å². The summed E-state index contributed by atoms with van der Waals surface area (Å²) in [5.41, 5.74) is 1.54. The number of aliphatic hydroxyl groups is 1. The molecule has 1 aromatic rings. The molecule has 0 aliphatic rings. The Kier molecular flexibility index (Phi) is 5.42. The van der Waals surface area contributed by atoms with E-state index < -0.39 is 6.10 Å². The van der Waals surface area contributed by atoms with Gasteiger partial charge in [0.05, 0.1) is 22.5 Å². The van der Waals surface area contributed by atoms with Crippen LogP contribution in [0.2, 0.25) is 5.02 Å². The van der Waals surface area contributed by atoms with Gasteiger partial charge in [-0.1, -0.05) is 18.5 Å². The van der Waals surface area contributed by atoms with E-state index >= 15 is 0 Å². The highest BCUT2D eigenvalue weighted by molar-refractivity contribution is 6.31. The molecule has 0 spiro atoms. The Hall–Kier alpha value is -0.580. The van der Waals surface area contributed by atoms with E-state index in [9.17, 15) is 5.11 Å². The minimum Gasteiger partial charge on any atom is -0.391 e. The SMILES string of the molecule is CCc1nn(CC)c(CC(O)C(C)(C)N(C)C)c1Cl. The highest BCUT2D eigenvalue weighted by atomic mass is 35.5. The molecule has 0 saturated heterocycles. The van der Waals surface area contributed by atoms with Gasteiger partial charge in [0, 0.05) is 18.5 Å². The molecule has 0 saturated carbocycles. The monoisotopic (exact) mass is 287 g/mol. The standard InChI is InChI=1S/C14H26ClN3O/c1-7-10-13(15)11(18(8-2)16-10)9-12(19)14(3,4)17(5)6/h12,19H,7-9H2,1-6H3. The lowest BCUT2D eigenvalue weighted by molar-refractivity contribution is 0.0171. The van der Waals surface area contributed by atoms with E-state index in [-0.39, 0.29) is 5.54 Å². The maximum absolute atomic E-state index is 10.5. The Balaban J connectivity index is 3.02. The Bertz CT molecular complexity index is 427. The number of nitrogens with zero attached hydrogens (tertiary/aromatic N) is 3. The van der Waals surface area contributed by atoms with Gasteiger partial charge < -0.3 is 10.0 Å². The third-order valence-corrected chi connectivity index (χ3v) is 4.49. The lowest BCUT2D eigenvalue weighted by Crippen LogP contribution is -2.49. The van der Waals surface area contributed by atoms with Crippen LogP contribution in [0.5, 0.6) is 0 Å². The molecule has 4 nitrogen and oxygen atoms in total. The van der Waals surface area contributed by atoms with Gasteiger partial charge in [-0.15, -0.1) is 0 Å².